The van der Waals surface area contributed by atoms with E-state index in [1.54, 1.807) is 24.3 Å². The minimum absolute atomic E-state index is 0.0745. The van der Waals surface area contributed by atoms with E-state index in [9.17, 15) is 9.59 Å². The number of hydrogen-bond acceptors (Lipinski definition) is 9. The zero-order chi connectivity index (χ0) is 32.4. The van der Waals surface area contributed by atoms with Crippen molar-refractivity contribution in [3.8, 4) is 5.75 Å². The predicted octanol–water partition coefficient (Wildman–Crippen LogP) is 4.66. The molecule has 2 amide bonds. The number of carbonyl (C=O) groups excluding carboxylic acids is 2. The summed E-state index contributed by atoms with van der Waals surface area (Å²) >= 11 is 0. The zero-order valence-corrected chi connectivity index (χ0v) is 28.3. The van der Waals surface area contributed by atoms with Gasteiger partial charge in [-0.1, -0.05) is 6.92 Å². The molecule has 2 aliphatic carbocycles. The second kappa shape index (κ2) is 14.1. The minimum Gasteiger partial charge on any atom is -0.495 e. The molecule has 4 aliphatic rings. The number of methoxy groups -OCH3 is 1. The molecule has 2 aliphatic heterocycles. The molecule has 46 heavy (non-hydrogen) atoms. The summed E-state index contributed by atoms with van der Waals surface area (Å²) in [5.74, 6) is 2.65. The molecule has 3 fully saturated rings. The van der Waals surface area contributed by atoms with Crippen molar-refractivity contribution in [1.82, 2.24) is 25.1 Å². The highest BCUT2D eigenvalue weighted by atomic mass is 16.5. The Balaban J connectivity index is 1.07. The predicted molar refractivity (Wildman–Crippen MR) is 182 cm³/mol. The molecule has 0 unspecified atom stereocenters. The first-order chi connectivity index (χ1) is 22.3. The molecule has 0 radical (unpaired) electrons. The van der Waals surface area contributed by atoms with Crippen molar-refractivity contribution in [2.45, 2.75) is 96.8 Å². The van der Waals surface area contributed by atoms with Crippen LogP contribution >= 0.6 is 0 Å². The number of amides is 2. The maximum atomic E-state index is 13.3. The van der Waals surface area contributed by atoms with E-state index in [1.165, 1.54) is 45.6 Å². The number of ether oxygens (including phenoxy) is 1. The van der Waals surface area contributed by atoms with E-state index in [0.717, 1.165) is 43.1 Å². The van der Waals surface area contributed by atoms with Gasteiger partial charge in [-0.05, 0) is 89.8 Å². The fraction of sp³-hybridized carbons (Fsp3) is 0.657. The van der Waals surface area contributed by atoms with Gasteiger partial charge in [-0.25, -0.2) is 4.98 Å². The highest BCUT2D eigenvalue weighted by Gasteiger charge is 2.39. The molecule has 2 N–H and O–H groups in total. The Morgan fingerprint density at radius 3 is 2.41 bits per heavy atom. The normalized spacial score (nSPS) is 24.2. The molecule has 3 heterocycles. The van der Waals surface area contributed by atoms with E-state index in [2.05, 4.69) is 44.2 Å². The van der Waals surface area contributed by atoms with Gasteiger partial charge in [-0.3, -0.25) is 14.5 Å². The molecular formula is C35H52N8O3. The van der Waals surface area contributed by atoms with Gasteiger partial charge in [-0.15, -0.1) is 0 Å². The Kier molecular flexibility index (Phi) is 9.98. The van der Waals surface area contributed by atoms with Gasteiger partial charge in [0.05, 0.1) is 19.0 Å². The third-order valence-corrected chi connectivity index (χ3v) is 10.3. The van der Waals surface area contributed by atoms with Crippen molar-refractivity contribution in [1.29, 1.82) is 0 Å². The number of carbonyl (C=O) groups is 2. The fourth-order valence-corrected chi connectivity index (χ4v) is 7.56. The summed E-state index contributed by atoms with van der Waals surface area (Å²) in [6.07, 6.45) is 9.55. The molecule has 250 valence electrons. The van der Waals surface area contributed by atoms with Crippen LogP contribution in [0, 0.1) is 5.92 Å². The zero-order valence-electron chi connectivity index (χ0n) is 28.3. The number of fused-ring (bicyclic) bond motifs is 1. The summed E-state index contributed by atoms with van der Waals surface area (Å²) in [7, 11) is 1.60. The topological polar surface area (TPSA) is 106 Å². The van der Waals surface area contributed by atoms with Crippen LogP contribution < -0.4 is 25.2 Å². The first-order valence-electron chi connectivity index (χ1n) is 17.5. The second-order valence-corrected chi connectivity index (χ2v) is 13.7. The first-order valence-corrected chi connectivity index (χ1v) is 17.5. The molecular weight excluding hydrogens is 580 g/mol. The smallest absolute Gasteiger partial charge is 0.251 e. The average molecular weight is 633 g/mol. The third-order valence-electron chi connectivity index (χ3n) is 10.3. The molecule has 0 spiro atoms. The first kappa shape index (κ1) is 32.5. The molecule has 1 atom stereocenters. The number of piperazine rings is 1. The van der Waals surface area contributed by atoms with Crippen LogP contribution in [-0.2, 0) is 4.79 Å². The van der Waals surface area contributed by atoms with Gasteiger partial charge in [-0.2, -0.15) is 4.98 Å². The number of rotatable bonds is 11. The number of nitrogens with one attached hydrogen (secondary N) is 2. The largest absolute Gasteiger partial charge is 0.495 e. The van der Waals surface area contributed by atoms with Crippen LogP contribution in [0.15, 0.2) is 24.4 Å². The van der Waals surface area contributed by atoms with Crippen LogP contribution in [0.4, 0.5) is 23.1 Å². The Hall–Kier alpha value is -3.44. The Morgan fingerprint density at radius 1 is 1.04 bits per heavy atom. The number of nitrogens with zero attached hydrogens (tertiary/aromatic N) is 6. The van der Waals surface area contributed by atoms with E-state index in [-0.39, 0.29) is 29.9 Å². The molecule has 1 aromatic heterocycles. The monoisotopic (exact) mass is 632 g/mol. The minimum atomic E-state index is -0.273. The van der Waals surface area contributed by atoms with Crippen molar-refractivity contribution in [2.24, 2.45) is 5.92 Å². The Morgan fingerprint density at radius 2 is 1.78 bits per heavy atom. The van der Waals surface area contributed by atoms with Crippen molar-refractivity contribution in [3.05, 3.63) is 30.0 Å². The molecule has 0 bridgehead atoms. The summed E-state index contributed by atoms with van der Waals surface area (Å²) < 4.78 is 5.70. The van der Waals surface area contributed by atoms with Crippen LogP contribution in [0.3, 0.4) is 0 Å². The lowest BCUT2D eigenvalue weighted by molar-refractivity contribution is -0.120. The van der Waals surface area contributed by atoms with Crippen molar-refractivity contribution in [3.63, 3.8) is 0 Å². The quantitative estimate of drug-likeness (QED) is 0.366. The Labute approximate surface area is 274 Å². The second-order valence-electron chi connectivity index (χ2n) is 13.7. The Bertz CT molecular complexity index is 1380. The number of anilines is 4. The number of aromatic nitrogens is 2. The van der Waals surface area contributed by atoms with Gasteiger partial charge in [0.25, 0.3) is 5.91 Å². The lowest BCUT2D eigenvalue weighted by Crippen LogP contribution is -2.56. The van der Waals surface area contributed by atoms with E-state index in [4.69, 9.17) is 9.72 Å². The van der Waals surface area contributed by atoms with Gasteiger partial charge < -0.3 is 30.1 Å². The van der Waals surface area contributed by atoms with Crippen molar-refractivity contribution < 1.29 is 14.3 Å². The molecule has 1 saturated heterocycles. The van der Waals surface area contributed by atoms with Gasteiger partial charge in [0.1, 0.15) is 17.5 Å². The average Bonchev–Trinajstić information content (AvgIpc) is 3.89. The summed E-state index contributed by atoms with van der Waals surface area (Å²) in [6.45, 7) is 14.8. The number of benzene rings is 1. The summed E-state index contributed by atoms with van der Waals surface area (Å²) in [5.41, 5.74) is 1.95. The lowest BCUT2D eigenvalue weighted by Gasteiger charge is -2.43. The van der Waals surface area contributed by atoms with Crippen LogP contribution in [0.1, 0.15) is 83.0 Å². The molecule has 2 saturated carbocycles. The SMILES string of the molecule is CC[C@@H]1C(=O)N(CC)c2cnc(Nc3ccc(C(=O)NC4CCC(N5CCN(CC6CC6)CC5)CC4)cc3OC)nc2N1C(C)C. The standard InChI is InChI=1S/C35H52N8O3/c1-6-29-34(45)42(7-2)30-21-36-35(39-32(30)43(29)23(3)4)38-28-15-10-25(20-31(28)46-5)33(44)37-26-11-13-27(14-12-26)41-18-16-40(17-19-41)22-24-8-9-24/h10,15,20-21,23-24,26-27,29H,6-9,11-14,16-19,22H2,1-5H3,(H,37,44)(H,36,38,39)/t26?,27?,29-/m1/s1. The maximum absolute atomic E-state index is 13.3. The maximum Gasteiger partial charge on any atom is 0.251 e. The van der Waals surface area contributed by atoms with Crippen LogP contribution in [0.2, 0.25) is 0 Å². The van der Waals surface area contributed by atoms with Crippen molar-refractivity contribution >= 4 is 35.0 Å². The number of likely N-dealkylation sites (N-methyl/N-ethyl adjacent to an activating group) is 1. The summed E-state index contributed by atoms with van der Waals surface area (Å²) in [5, 5.41) is 6.57. The highest BCUT2D eigenvalue weighted by molar-refractivity contribution is 6.04. The molecule has 6 rings (SSSR count). The lowest BCUT2D eigenvalue weighted by atomic mass is 9.89. The van der Waals surface area contributed by atoms with E-state index >= 15 is 0 Å². The van der Waals surface area contributed by atoms with Gasteiger partial charge >= 0.3 is 0 Å². The van der Waals surface area contributed by atoms with Gasteiger partial charge in [0, 0.05) is 63.0 Å². The summed E-state index contributed by atoms with van der Waals surface area (Å²) in [4.78, 5) is 45.1. The van der Waals surface area contributed by atoms with Crippen LogP contribution in [0.25, 0.3) is 0 Å². The summed E-state index contributed by atoms with van der Waals surface area (Å²) in [6, 6.07) is 6.07. The van der Waals surface area contributed by atoms with E-state index in [0.29, 0.717) is 42.0 Å². The van der Waals surface area contributed by atoms with Crippen molar-refractivity contribution in [2.75, 3.05) is 61.5 Å². The molecule has 11 nitrogen and oxygen atoms in total. The molecule has 11 heteroatoms. The highest BCUT2D eigenvalue weighted by Crippen LogP contribution is 2.38. The molecule has 1 aromatic carbocycles. The molecule has 2 aromatic rings. The van der Waals surface area contributed by atoms with Crippen LogP contribution in [-0.4, -0.2) is 102 Å². The van der Waals surface area contributed by atoms with E-state index < -0.39 is 0 Å². The van der Waals surface area contributed by atoms with E-state index in [1.807, 2.05) is 26.0 Å². The fourth-order valence-electron chi connectivity index (χ4n) is 7.56. The van der Waals surface area contributed by atoms with Gasteiger partial charge in [0.15, 0.2) is 5.82 Å². The van der Waals surface area contributed by atoms with Crippen LogP contribution in [0.5, 0.6) is 5.75 Å². The van der Waals surface area contributed by atoms with Gasteiger partial charge in [0.2, 0.25) is 11.9 Å². The third kappa shape index (κ3) is 6.95. The number of hydrogen-bond donors (Lipinski definition) is 2.